The van der Waals surface area contributed by atoms with Crippen LogP contribution in [0.2, 0.25) is 0 Å². The number of imide groups is 3. The molecule has 6 aliphatic rings. The number of nitrogens with one attached hydrogen (secondary N) is 5. The number of carboxylic acid groups (broad SMARTS) is 1. The Labute approximate surface area is 809 Å². The van der Waals surface area contributed by atoms with Crippen LogP contribution < -0.4 is 26.7 Å². The lowest BCUT2D eigenvalue weighted by molar-refractivity contribution is -0.385. The van der Waals surface area contributed by atoms with Gasteiger partial charge in [-0.1, -0.05) is 187 Å². The maximum atomic E-state index is 13.3. The third kappa shape index (κ3) is 23.8. The smallest absolute Gasteiger partial charge is 0.407 e. The van der Waals surface area contributed by atoms with Crippen molar-refractivity contribution < 1.29 is 105 Å². The van der Waals surface area contributed by atoms with E-state index in [-0.39, 0.29) is 97.8 Å². The number of furan rings is 3. The minimum atomic E-state index is -1.07. The van der Waals surface area contributed by atoms with Crippen molar-refractivity contribution in [2.24, 2.45) is 27.1 Å². The largest absolute Gasteiger partial charge is 0.480 e. The number of Topliss-reactive ketones (excluding diaryl/α,β-unsaturated/α-hetero) is 1. The van der Waals surface area contributed by atoms with Crippen LogP contribution in [-0.4, -0.2) is 171 Å². The number of non-ortho nitro benzene ring substituents is 3. The number of esters is 2. The number of rotatable bonds is 30. The molecule has 3 aromatic heterocycles. The molecule has 3 saturated heterocycles. The number of carboxylic acids is 1. The quantitative estimate of drug-likeness (QED) is 0.00463. The molecule has 12 aromatic rings. The second-order valence-electron chi connectivity index (χ2n) is 33.5. The Kier molecular flexibility index (Phi) is 32.0. The van der Waals surface area contributed by atoms with Gasteiger partial charge in [0.25, 0.3) is 22.8 Å². The number of alkyl carbamates (subject to hydrolysis) is 1. The Bertz CT molecular complexity index is 6660. The standard InChI is InChI=1S/C35H31N5O9.C20H21NO4.2C16H14N4O5.C16H14O2/c1-20(2)32(33(42)34(43)47-19-28-26-9-5-3-7-24(26)25-8-4-6-10-27(25)28)38-48-18-22-15-29(21-11-13-23(14-12-21)40(45)46)49-30(22)16-36-39-17-31(41)37-35(39)44;1-12(2)18(19(22)23)21-20(24)25-11-17-15-9-5-3-7-13(15)14-8-4-6-10-16(14)17;2*1-2-10-7-13(11-3-5-12(6-4-11)20(23)24)25-14(10)8-17-19-9-15(21)18-16(19)22;1-11(17)18-10-16-14-8-4-2-6-12(14)13-7-3-5-9-15(13)16/h3-16,20,28,32,38H,17-19H2,1-2H3,(H,37,41,44);3-10,12,17-18H,11H2,1-2H3,(H,21,24)(H,22,23);2*3-8H,2,9H2,1H3,(H,18,21,22);2-9,16H,10H2,1H3/b36-16+;;2*17-8+;/t32-;18-;;;/m00.../s1. The molecule has 39 nitrogen and oxygen atoms in total. The molecule has 6 N–H and O–H groups in total. The Morgan fingerprint density at radius 2 is 0.718 bits per heavy atom. The van der Waals surface area contributed by atoms with E-state index >= 15 is 0 Å². The number of amides is 10. The zero-order chi connectivity index (χ0) is 101. The molecule has 3 aliphatic heterocycles. The number of hydrazone groups is 3. The first kappa shape index (κ1) is 100. The number of hydrogen-bond acceptors (Lipinski definition) is 28. The van der Waals surface area contributed by atoms with Gasteiger partial charge in [-0.15, -0.1) is 0 Å². The number of nitrogens with zero attached hydrogens (tertiary/aromatic N) is 9. The molecule has 39 heteroatoms. The maximum absolute atomic E-state index is 13.3. The number of urea groups is 3. The predicted octanol–water partition coefficient (Wildman–Crippen LogP) is 16.3. The number of nitro benzene ring substituents is 3. The SMILES string of the molecule is CC(=O)OCC1c2ccccc2-c2ccccc21.CC(C)[C@H](NC(=O)OCC1c2ccccc2-c2ccccc21)C(=O)O.CC(C)[C@H](NOCc1cc(-c2ccc([N+](=O)[O-])cc2)oc1/C=N/N1CC(=O)NC1=O)C(=O)C(=O)OCC1c2ccccc2-c2ccccc21.CCc1cc(-c2ccc([N+](=O)[O-])cc2)oc1/C=N/N1CC(=O)NC1=O.CCc1cc(-c2ccc([N+](=O)[O-])cc2)oc1/C=N/N1CC(=O)NC1=O. The fourth-order valence-electron chi connectivity index (χ4n) is 16.3. The van der Waals surface area contributed by atoms with Gasteiger partial charge in [0.1, 0.15) is 68.8 Å². The first-order valence-corrected chi connectivity index (χ1v) is 44.8. The van der Waals surface area contributed by atoms with E-state index in [0.29, 0.717) is 70.5 Å². The lowest BCUT2D eigenvalue weighted by Gasteiger charge is -2.20. The maximum Gasteiger partial charge on any atom is 0.407 e. The molecule has 10 amide bonds. The van der Waals surface area contributed by atoms with Gasteiger partial charge in [0, 0.05) is 83.3 Å². The summed E-state index contributed by atoms with van der Waals surface area (Å²) in [5, 5.41) is 65.4. The third-order valence-corrected chi connectivity index (χ3v) is 23.5. The van der Waals surface area contributed by atoms with E-state index in [1.807, 2.05) is 135 Å². The first-order valence-electron chi connectivity index (χ1n) is 44.8. The summed E-state index contributed by atoms with van der Waals surface area (Å²) in [6.07, 6.45) is 4.63. The van der Waals surface area contributed by atoms with Crippen LogP contribution in [0.4, 0.5) is 36.2 Å². The molecule has 726 valence electrons. The van der Waals surface area contributed by atoms with Crippen molar-refractivity contribution in [2.75, 3.05) is 39.5 Å². The number of carbonyl (C=O) groups excluding carboxylic acids is 10. The number of fused-ring (bicyclic) bond motifs is 9. The van der Waals surface area contributed by atoms with Gasteiger partial charge in [0.15, 0.2) is 17.3 Å². The van der Waals surface area contributed by atoms with Crippen LogP contribution in [0.15, 0.2) is 265 Å². The molecule has 3 fully saturated rings. The molecule has 0 spiro atoms. The summed E-state index contributed by atoms with van der Waals surface area (Å²) >= 11 is 0. The fourth-order valence-corrected chi connectivity index (χ4v) is 16.3. The Balaban J connectivity index is 0.000000148. The molecule has 2 atom stereocenters. The molecule has 0 bridgehead atoms. The number of carbonyl (C=O) groups is 11. The Morgan fingerprint density at radius 1 is 0.430 bits per heavy atom. The van der Waals surface area contributed by atoms with Gasteiger partial charge in [-0.05, 0) is 157 Å². The van der Waals surface area contributed by atoms with Gasteiger partial charge in [-0.2, -0.15) is 20.8 Å². The fraction of sp³-hybridized carbons (Fsp3) is 0.223. The normalized spacial score (nSPS) is 14.2. The monoisotopic (exact) mass is 1930 g/mol. The number of hydroxylamine groups is 1. The van der Waals surface area contributed by atoms with Crippen molar-refractivity contribution in [2.45, 2.75) is 97.8 Å². The number of ether oxygens (including phenoxy) is 3. The van der Waals surface area contributed by atoms with Crippen molar-refractivity contribution >= 4 is 101 Å². The summed E-state index contributed by atoms with van der Waals surface area (Å²) in [5.74, 6) is -2.63. The number of ketones is 1. The number of aryl methyl sites for hydroxylation is 2. The highest BCUT2D eigenvalue weighted by molar-refractivity contribution is 6.35. The van der Waals surface area contributed by atoms with Crippen molar-refractivity contribution in [3.63, 3.8) is 0 Å². The average Bonchev–Trinajstić information content (AvgIpc) is 1.62. The van der Waals surface area contributed by atoms with E-state index in [0.717, 1.165) is 70.7 Å². The van der Waals surface area contributed by atoms with Gasteiger partial charge in [0.05, 0.1) is 40.0 Å². The molecule has 18 rings (SSSR count). The van der Waals surface area contributed by atoms with Crippen molar-refractivity contribution in [3.05, 3.63) is 334 Å². The summed E-state index contributed by atoms with van der Waals surface area (Å²) in [7, 11) is 0. The second kappa shape index (κ2) is 45.4. The minimum absolute atomic E-state index is 0.00230. The summed E-state index contributed by atoms with van der Waals surface area (Å²) in [6, 6.07) is 67.6. The number of benzene rings is 9. The molecular formula is C103H94N14O25. The molecule has 3 aliphatic carbocycles. The molecular weight excluding hydrogens is 1830 g/mol. The summed E-state index contributed by atoms with van der Waals surface area (Å²) in [4.78, 5) is 166. The number of aliphatic carboxylic acids is 1. The van der Waals surface area contributed by atoms with E-state index in [1.54, 1.807) is 58.0 Å². The van der Waals surface area contributed by atoms with E-state index < -0.39 is 86.5 Å². The van der Waals surface area contributed by atoms with Gasteiger partial charge in [0.2, 0.25) is 17.7 Å². The number of hydrogen-bond donors (Lipinski definition) is 6. The summed E-state index contributed by atoms with van der Waals surface area (Å²) in [5.41, 5.74) is 20.4. The highest BCUT2D eigenvalue weighted by Crippen LogP contribution is 2.48. The summed E-state index contributed by atoms with van der Waals surface area (Å²) in [6.45, 7) is 12.2. The average molecular weight is 1930 g/mol. The zero-order valence-corrected chi connectivity index (χ0v) is 77.4. The summed E-state index contributed by atoms with van der Waals surface area (Å²) < 4.78 is 33.6. The highest BCUT2D eigenvalue weighted by atomic mass is 16.7. The zero-order valence-electron chi connectivity index (χ0n) is 77.4. The molecule has 0 radical (unpaired) electrons. The second-order valence-corrected chi connectivity index (χ2v) is 33.5. The predicted molar refractivity (Wildman–Crippen MR) is 516 cm³/mol. The highest BCUT2D eigenvalue weighted by Gasteiger charge is 2.37. The van der Waals surface area contributed by atoms with Crippen LogP contribution in [0.25, 0.3) is 67.4 Å². The molecule has 142 heavy (non-hydrogen) atoms. The van der Waals surface area contributed by atoms with E-state index in [9.17, 15) is 83.1 Å². The van der Waals surface area contributed by atoms with Crippen molar-refractivity contribution in [1.29, 1.82) is 0 Å². The molecule has 6 heterocycles. The van der Waals surface area contributed by atoms with E-state index in [4.69, 9.17) is 37.4 Å². The van der Waals surface area contributed by atoms with Gasteiger partial charge < -0.3 is 37.9 Å². The first-order chi connectivity index (χ1) is 68.3. The van der Waals surface area contributed by atoms with E-state index in [2.05, 4.69) is 78.4 Å². The van der Waals surface area contributed by atoms with Crippen molar-refractivity contribution in [3.8, 4) is 67.4 Å². The van der Waals surface area contributed by atoms with Crippen LogP contribution in [-0.2, 0) is 72.1 Å². The van der Waals surface area contributed by atoms with Crippen molar-refractivity contribution in [1.82, 2.24) is 41.8 Å². The topological polar surface area (TPSA) is 521 Å². The molecule has 0 unspecified atom stereocenters. The third-order valence-electron chi connectivity index (χ3n) is 23.5. The van der Waals surface area contributed by atoms with Crippen LogP contribution in [0, 0.1) is 42.2 Å². The van der Waals surface area contributed by atoms with Gasteiger partial charge in [-0.3, -0.25) is 75.1 Å². The van der Waals surface area contributed by atoms with Gasteiger partial charge >= 0.3 is 42.1 Å². The van der Waals surface area contributed by atoms with Crippen LogP contribution in [0.1, 0.15) is 134 Å². The van der Waals surface area contributed by atoms with Gasteiger partial charge in [-0.25, -0.2) is 43.8 Å². The van der Waals surface area contributed by atoms with Crippen LogP contribution >= 0.6 is 0 Å². The lowest BCUT2D eigenvalue weighted by atomic mass is 9.98. The lowest BCUT2D eigenvalue weighted by Crippen LogP contribution is -2.45. The minimum Gasteiger partial charge on any atom is -0.480 e. The van der Waals surface area contributed by atoms with E-state index in [1.165, 1.54) is 96.4 Å². The Hall–Kier alpha value is -17.9. The van der Waals surface area contributed by atoms with Crippen LogP contribution in [0.5, 0.6) is 0 Å². The van der Waals surface area contributed by atoms with Crippen LogP contribution in [0.3, 0.4) is 0 Å². The molecule has 9 aromatic carbocycles. The Morgan fingerprint density at radius 3 is 0.993 bits per heavy atom. The number of nitro groups is 3. The molecule has 0 saturated carbocycles.